The Morgan fingerprint density at radius 3 is 2.31 bits per heavy atom. The van der Waals surface area contributed by atoms with Gasteiger partial charge in [-0.2, -0.15) is 5.10 Å². The fourth-order valence-corrected chi connectivity index (χ4v) is 4.09. The van der Waals surface area contributed by atoms with Crippen LogP contribution in [-0.2, 0) is 11.4 Å². The Bertz CT molecular complexity index is 1530. The molecule has 42 heavy (non-hydrogen) atoms. The molecule has 0 saturated heterocycles. The summed E-state index contributed by atoms with van der Waals surface area (Å²) in [6.45, 7) is 2.25. The number of hydrazone groups is 1. The molecule has 0 aliphatic heterocycles. The van der Waals surface area contributed by atoms with Crippen molar-refractivity contribution in [3.63, 3.8) is 0 Å². The fourth-order valence-electron chi connectivity index (χ4n) is 3.82. The Kier molecular flexibility index (Phi) is 10.8. The van der Waals surface area contributed by atoms with E-state index in [1.807, 2.05) is 55.5 Å². The number of hydrogen-bond donors (Lipinski definition) is 2. The van der Waals surface area contributed by atoms with Gasteiger partial charge in [-0.25, -0.2) is 5.43 Å². The van der Waals surface area contributed by atoms with E-state index in [2.05, 4.69) is 15.8 Å². The van der Waals surface area contributed by atoms with Crippen LogP contribution in [0.4, 0.5) is 5.69 Å². The van der Waals surface area contributed by atoms with Crippen LogP contribution < -0.4 is 29.7 Å². The minimum absolute atomic E-state index is 0.220. The van der Waals surface area contributed by atoms with Gasteiger partial charge >= 0.3 is 0 Å². The van der Waals surface area contributed by atoms with Crippen LogP contribution in [0.5, 0.6) is 23.0 Å². The summed E-state index contributed by atoms with van der Waals surface area (Å²) in [5, 5.41) is 7.01. The summed E-state index contributed by atoms with van der Waals surface area (Å²) in [7, 11) is 1.51. The molecule has 0 aliphatic rings. The maximum Gasteiger partial charge on any atom is 0.271 e. The molecule has 0 aliphatic carbocycles. The van der Waals surface area contributed by atoms with E-state index in [0.29, 0.717) is 47.3 Å². The summed E-state index contributed by atoms with van der Waals surface area (Å²) < 4.78 is 22.6. The first kappa shape index (κ1) is 30.0. The number of methoxy groups -OCH3 is 1. The van der Waals surface area contributed by atoms with Crippen molar-refractivity contribution < 1.29 is 28.5 Å². The molecule has 0 spiro atoms. The average molecular weight is 588 g/mol. The van der Waals surface area contributed by atoms with Crippen LogP contribution in [0, 0.1) is 0 Å². The number of benzene rings is 4. The normalized spacial score (nSPS) is 10.6. The van der Waals surface area contributed by atoms with Gasteiger partial charge in [0, 0.05) is 11.3 Å². The molecule has 216 valence electrons. The van der Waals surface area contributed by atoms with Crippen molar-refractivity contribution in [1.29, 1.82) is 0 Å². The van der Waals surface area contributed by atoms with E-state index in [4.69, 9.17) is 30.5 Å². The lowest BCUT2D eigenvalue weighted by atomic mass is 10.2. The highest BCUT2D eigenvalue weighted by Crippen LogP contribution is 2.36. The summed E-state index contributed by atoms with van der Waals surface area (Å²) in [5.74, 6) is 0.703. The summed E-state index contributed by atoms with van der Waals surface area (Å²) in [6, 6.07) is 26.9. The Morgan fingerprint density at radius 2 is 1.60 bits per heavy atom. The van der Waals surface area contributed by atoms with Crippen molar-refractivity contribution in [2.24, 2.45) is 5.10 Å². The molecule has 4 aromatic carbocycles. The Hall–Kier alpha value is -5.02. The van der Waals surface area contributed by atoms with Crippen LogP contribution in [-0.4, -0.2) is 38.4 Å². The van der Waals surface area contributed by atoms with Crippen molar-refractivity contribution in [1.82, 2.24) is 5.43 Å². The van der Waals surface area contributed by atoms with Crippen molar-refractivity contribution in [3.8, 4) is 23.0 Å². The molecule has 0 saturated carbocycles. The average Bonchev–Trinajstić information content (AvgIpc) is 3.00. The van der Waals surface area contributed by atoms with Gasteiger partial charge < -0.3 is 24.3 Å². The second kappa shape index (κ2) is 15.1. The minimum atomic E-state index is -0.445. The zero-order valence-corrected chi connectivity index (χ0v) is 23.9. The molecular formula is C32H30ClN3O6. The van der Waals surface area contributed by atoms with Crippen molar-refractivity contribution in [2.45, 2.75) is 13.5 Å². The smallest absolute Gasteiger partial charge is 0.271 e. The van der Waals surface area contributed by atoms with Crippen LogP contribution in [0.25, 0.3) is 0 Å². The van der Waals surface area contributed by atoms with Gasteiger partial charge in [0.2, 0.25) is 0 Å². The van der Waals surface area contributed by atoms with Gasteiger partial charge in [-0.05, 0) is 60.5 Å². The highest BCUT2D eigenvalue weighted by atomic mass is 35.5. The first-order chi connectivity index (χ1) is 20.5. The van der Waals surface area contributed by atoms with Crippen LogP contribution in [0.1, 0.15) is 28.4 Å². The van der Waals surface area contributed by atoms with E-state index < -0.39 is 5.91 Å². The molecule has 4 rings (SSSR count). The standard InChI is InChI=1S/C32H30ClN3O6/c1-3-40-29-17-23(16-26(33)31(29)42-21-30(37)35-25-12-8-5-9-13-25)19-34-36-32(38)24-14-15-27(28(18-24)39-2)41-20-22-10-6-4-7-11-22/h4-19H,3,20-21H2,1-2H3,(H,35,37)(H,36,38)/b34-19+. The number of nitrogens with one attached hydrogen (secondary N) is 2. The number of carbonyl (C=O) groups excluding carboxylic acids is 2. The molecule has 0 unspecified atom stereocenters. The molecule has 0 atom stereocenters. The van der Waals surface area contributed by atoms with Gasteiger partial charge in [-0.15, -0.1) is 0 Å². The second-order valence-corrected chi connectivity index (χ2v) is 9.21. The number of rotatable bonds is 13. The van der Waals surface area contributed by atoms with Gasteiger partial charge in [0.1, 0.15) is 6.61 Å². The molecule has 0 bridgehead atoms. The van der Waals surface area contributed by atoms with Crippen molar-refractivity contribution >= 4 is 35.3 Å². The zero-order chi connectivity index (χ0) is 29.7. The van der Waals surface area contributed by atoms with E-state index >= 15 is 0 Å². The molecular weight excluding hydrogens is 558 g/mol. The third-order valence-electron chi connectivity index (χ3n) is 5.78. The summed E-state index contributed by atoms with van der Waals surface area (Å²) >= 11 is 6.45. The highest BCUT2D eigenvalue weighted by Gasteiger charge is 2.15. The number of amides is 2. The Labute approximate surface area is 249 Å². The molecule has 0 fully saturated rings. The summed E-state index contributed by atoms with van der Waals surface area (Å²) in [4.78, 5) is 25.0. The maximum atomic E-state index is 12.7. The van der Waals surface area contributed by atoms with E-state index in [-0.39, 0.29) is 23.3 Å². The van der Waals surface area contributed by atoms with Crippen LogP contribution >= 0.6 is 11.6 Å². The van der Waals surface area contributed by atoms with E-state index in [1.165, 1.54) is 13.3 Å². The number of ether oxygens (including phenoxy) is 4. The third-order valence-corrected chi connectivity index (χ3v) is 6.06. The number of anilines is 1. The largest absolute Gasteiger partial charge is 0.493 e. The maximum absolute atomic E-state index is 12.7. The lowest BCUT2D eigenvalue weighted by Gasteiger charge is -2.14. The van der Waals surface area contributed by atoms with Crippen molar-refractivity contribution in [2.75, 3.05) is 25.6 Å². The molecule has 0 radical (unpaired) electrons. The predicted octanol–water partition coefficient (Wildman–Crippen LogP) is 6.11. The Morgan fingerprint density at radius 1 is 0.857 bits per heavy atom. The first-order valence-electron chi connectivity index (χ1n) is 13.1. The van der Waals surface area contributed by atoms with Gasteiger partial charge in [0.15, 0.2) is 29.6 Å². The molecule has 2 N–H and O–H groups in total. The first-order valence-corrected chi connectivity index (χ1v) is 13.5. The lowest BCUT2D eigenvalue weighted by molar-refractivity contribution is -0.118. The van der Waals surface area contributed by atoms with Crippen LogP contribution in [0.15, 0.2) is 96.1 Å². The van der Waals surface area contributed by atoms with Crippen LogP contribution in [0.3, 0.4) is 0 Å². The SMILES string of the molecule is CCOc1cc(/C=N/NC(=O)c2ccc(OCc3ccccc3)c(OC)c2)cc(Cl)c1OCC(=O)Nc1ccccc1. The highest BCUT2D eigenvalue weighted by molar-refractivity contribution is 6.32. The van der Waals surface area contributed by atoms with E-state index in [1.54, 1.807) is 42.5 Å². The van der Waals surface area contributed by atoms with Gasteiger partial charge in [0.05, 0.1) is 25.0 Å². The lowest BCUT2D eigenvalue weighted by Crippen LogP contribution is -2.20. The molecule has 9 nitrogen and oxygen atoms in total. The van der Waals surface area contributed by atoms with Gasteiger partial charge in [-0.1, -0.05) is 60.1 Å². The quantitative estimate of drug-likeness (QED) is 0.144. The number of hydrogen-bond acceptors (Lipinski definition) is 7. The van der Waals surface area contributed by atoms with Crippen LogP contribution in [0.2, 0.25) is 5.02 Å². The van der Waals surface area contributed by atoms with Crippen molar-refractivity contribution in [3.05, 3.63) is 113 Å². The molecule has 0 aromatic heterocycles. The third kappa shape index (κ3) is 8.49. The monoisotopic (exact) mass is 587 g/mol. The van der Waals surface area contributed by atoms with Gasteiger partial charge in [0.25, 0.3) is 11.8 Å². The molecule has 4 aromatic rings. The zero-order valence-electron chi connectivity index (χ0n) is 23.1. The summed E-state index contributed by atoms with van der Waals surface area (Å²) in [6.07, 6.45) is 1.42. The number of carbonyl (C=O) groups is 2. The second-order valence-electron chi connectivity index (χ2n) is 8.80. The minimum Gasteiger partial charge on any atom is -0.493 e. The number of halogens is 1. The van der Waals surface area contributed by atoms with Gasteiger partial charge in [-0.3, -0.25) is 9.59 Å². The van der Waals surface area contributed by atoms with E-state index in [9.17, 15) is 9.59 Å². The number of nitrogens with zero attached hydrogens (tertiary/aromatic N) is 1. The predicted molar refractivity (Wildman–Crippen MR) is 162 cm³/mol. The molecule has 10 heteroatoms. The topological polar surface area (TPSA) is 107 Å². The molecule has 2 amide bonds. The summed E-state index contributed by atoms with van der Waals surface area (Å²) in [5.41, 5.74) is 5.04. The van der Waals surface area contributed by atoms with E-state index in [0.717, 1.165) is 5.56 Å². The number of para-hydroxylation sites is 1. The molecule has 0 heterocycles. The Balaban J connectivity index is 1.37. The fraction of sp³-hybridized carbons (Fsp3) is 0.156.